The van der Waals surface area contributed by atoms with Gasteiger partial charge in [-0.3, -0.25) is 9.59 Å². The van der Waals surface area contributed by atoms with Crippen molar-refractivity contribution in [1.82, 2.24) is 4.57 Å². The molecule has 1 aromatic carbocycles. The number of nitrogens with zero attached hydrogens (tertiary/aromatic N) is 1. The van der Waals surface area contributed by atoms with Gasteiger partial charge in [0.25, 0.3) is 5.91 Å². The molecule has 0 bridgehead atoms. The van der Waals surface area contributed by atoms with E-state index in [4.69, 9.17) is 0 Å². The molecule has 0 atom stereocenters. The third-order valence-electron chi connectivity index (χ3n) is 4.40. The van der Waals surface area contributed by atoms with Crippen LogP contribution in [0.1, 0.15) is 46.2 Å². The van der Waals surface area contributed by atoms with Gasteiger partial charge in [-0.25, -0.2) is 0 Å². The Balaban J connectivity index is 1.76. The minimum absolute atomic E-state index is 0.120. The minimum atomic E-state index is -0.300. The van der Waals surface area contributed by atoms with Crippen molar-refractivity contribution in [1.29, 1.82) is 0 Å². The van der Waals surface area contributed by atoms with Crippen molar-refractivity contribution in [2.24, 2.45) is 0 Å². The van der Waals surface area contributed by atoms with Crippen molar-refractivity contribution in [3.05, 3.63) is 52.8 Å². The van der Waals surface area contributed by atoms with E-state index in [9.17, 15) is 9.59 Å². The molecule has 1 amide bonds. The van der Waals surface area contributed by atoms with E-state index in [-0.39, 0.29) is 18.3 Å². The van der Waals surface area contributed by atoms with Crippen LogP contribution in [0, 0.1) is 13.8 Å². The van der Waals surface area contributed by atoms with Crippen molar-refractivity contribution < 1.29 is 14.3 Å². The van der Waals surface area contributed by atoms with Gasteiger partial charge in [-0.1, -0.05) is 12.1 Å². The van der Waals surface area contributed by atoms with Gasteiger partial charge in [0.2, 0.25) is 0 Å². The zero-order chi connectivity index (χ0) is 17.3. The van der Waals surface area contributed by atoms with E-state index >= 15 is 0 Å². The van der Waals surface area contributed by atoms with Crippen LogP contribution in [0.15, 0.2) is 30.3 Å². The standard InChI is InChI=1S/C19H22N2O3/c1-12-9-17(13(2)21(12)16-7-8-16)19(23)20-15-6-4-5-14(10-15)11-18(22)24-3/h4-6,9-10,16H,7-8,11H2,1-3H3,(H,20,23). The Morgan fingerprint density at radius 2 is 2.00 bits per heavy atom. The Hall–Kier alpha value is -2.56. The van der Waals surface area contributed by atoms with E-state index in [1.54, 1.807) is 6.07 Å². The molecule has 1 fully saturated rings. The minimum Gasteiger partial charge on any atom is -0.469 e. The quantitative estimate of drug-likeness (QED) is 0.857. The number of rotatable bonds is 5. The molecule has 2 aromatic rings. The Kier molecular flexibility index (Phi) is 4.42. The zero-order valence-corrected chi connectivity index (χ0v) is 14.3. The number of hydrogen-bond donors (Lipinski definition) is 1. The van der Waals surface area contributed by atoms with Gasteiger partial charge in [-0.05, 0) is 50.5 Å². The molecule has 1 heterocycles. The molecule has 0 spiro atoms. The van der Waals surface area contributed by atoms with E-state index < -0.39 is 0 Å². The van der Waals surface area contributed by atoms with Crippen LogP contribution in [0.5, 0.6) is 0 Å². The molecule has 1 saturated carbocycles. The fraction of sp³-hybridized carbons (Fsp3) is 0.368. The molecule has 1 aliphatic carbocycles. The lowest BCUT2D eigenvalue weighted by Gasteiger charge is -2.09. The molecule has 126 valence electrons. The molecular formula is C19H22N2O3. The summed E-state index contributed by atoms with van der Waals surface area (Å²) in [6.07, 6.45) is 2.57. The number of methoxy groups -OCH3 is 1. The average molecular weight is 326 g/mol. The molecule has 24 heavy (non-hydrogen) atoms. The van der Waals surface area contributed by atoms with Crippen LogP contribution in [-0.4, -0.2) is 23.6 Å². The predicted octanol–water partition coefficient (Wildman–Crippen LogP) is 3.41. The van der Waals surface area contributed by atoms with Crippen molar-refractivity contribution in [2.45, 2.75) is 39.2 Å². The van der Waals surface area contributed by atoms with Crippen LogP contribution in [0.3, 0.4) is 0 Å². The van der Waals surface area contributed by atoms with Gasteiger partial charge in [0.05, 0.1) is 19.1 Å². The molecule has 1 N–H and O–H groups in total. The third-order valence-corrected chi connectivity index (χ3v) is 4.40. The van der Waals surface area contributed by atoms with Crippen molar-refractivity contribution in [2.75, 3.05) is 12.4 Å². The van der Waals surface area contributed by atoms with Gasteiger partial charge >= 0.3 is 5.97 Å². The summed E-state index contributed by atoms with van der Waals surface area (Å²) < 4.78 is 6.93. The largest absolute Gasteiger partial charge is 0.469 e. The van der Waals surface area contributed by atoms with E-state index in [0.717, 1.165) is 17.0 Å². The molecule has 0 saturated heterocycles. The van der Waals surface area contributed by atoms with Crippen LogP contribution >= 0.6 is 0 Å². The van der Waals surface area contributed by atoms with E-state index in [1.165, 1.54) is 20.0 Å². The highest BCUT2D eigenvalue weighted by Gasteiger charge is 2.28. The summed E-state index contributed by atoms with van der Waals surface area (Å²) in [6, 6.07) is 9.77. The first kappa shape index (κ1) is 16.3. The summed E-state index contributed by atoms with van der Waals surface area (Å²) >= 11 is 0. The molecule has 5 heteroatoms. The van der Waals surface area contributed by atoms with Gasteiger partial charge in [0.15, 0.2) is 0 Å². The maximum absolute atomic E-state index is 12.6. The number of ether oxygens (including phenoxy) is 1. The van der Waals surface area contributed by atoms with Crippen LogP contribution in [0.25, 0.3) is 0 Å². The molecule has 3 rings (SSSR count). The Morgan fingerprint density at radius 1 is 1.25 bits per heavy atom. The smallest absolute Gasteiger partial charge is 0.309 e. The van der Waals surface area contributed by atoms with Crippen molar-refractivity contribution in [3.8, 4) is 0 Å². The maximum atomic E-state index is 12.6. The topological polar surface area (TPSA) is 60.3 Å². The number of aromatic nitrogens is 1. The summed E-state index contributed by atoms with van der Waals surface area (Å²) in [5.74, 6) is -0.420. The lowest BCUT2D eigenvalue weighted by molar-refractivity contribution is -0.139. The number of aryl methyl sites for hydroxylation is 1. The van der Waals surface area contributed by atoms with Crippen LogP contribution < -0.4 is 5.32 Å². The Bertz CT molecular complexity index is 788. The number of nitrogens with one attached hydrogen (secondary N) is 1. The van der Waals surface area contributed by atoms with E-state index in [1.807, 2.05) is 38.1 Å². The van der Waals surface area contributed by atoms with Gasteiger partial charge in [-0.15, -0.1) is 0 Å². The lowest BCUT2D eigenvalue weighted by Crippen LogP contribution is -2.13. The SMILES string of the molecule is COC(=O)Cc1cccc(NC(=O)c2cc(C)n(C3CC3)c2C)c1. The number of anilines is 1. The molecule has 0 aliphatic heterocycles. The van der Waals surface area contributed by atoms with Crippen molar-refractivity contribution >= 4 is 17.6 Å². The highest BCUT2D eigenvalue weighted by atomic mass is 16.5. The first-order valence-corrected chi connectivity index (χ1v) is 8.15. The molecule has 1 aromatic heterocycles. The second-order valence-electron chi connectivity index (χ2n) is 6.29. The van der Waals surface area contributed by atoms with Gasteiger partial charge in [-0.2, -0.15) is 0 Å². The fourth-order valence-corrected chi connectivity index (χ4v) is 3.10. The summed E-state index contributed by atoms with van der Waals surface area (Å²) in [7, 11) is 1.36. The predicted molar refractivity (Wildman–Crippen MR) is 92.3 cm³/mol. The number of amides is 1. The van der Waals surface area contributed by atoms with Gasteiger partial charge < -0.3 is 14.6 Å². The first-order chi connectivity index (χ1) is 11.5. The second-order valence-corrected chi connectivity index (χ2v) is 6.29. The highest BCUT2D eigenvalue weighted by Crippen LogP contribution is 2.38. The van der Waals surface area contributed by atoms with E-state index in [0.29, 0.717) is 17.3 Å². The monoisotopic (exact) mass is 326 g/mol. The van der Waals surface area contributed by atoms with Crippen LogP contribution in [0.4, 0.5) is 5.69 Å². The van der Waals surface area contributed by atoms with Gasteiger partial charge in [0.1, 0.15) is 0 Å². The Morgan fingerprint density at radius 3 is 2.67 bits per heavy atom. The number of benzene rings is 1. The number of esters is 1. The number of carbonyl (C=O) groups excluding carboxylic acids is 2. The summed E-state index contributed by atoms with van der Waals surface area (Å²) in [5, 5.41) is 2.93. The normalized spacial score (nSPS) is 13.6. The molecule has 1 aliphatic rings. The molecule has 0 unspecified atom stereocenters. The van der Waals surface area contributed by atoms with Crippen molar-refractivity contribution in [3.63, 3.8) is 0 Å². The zero-order valence-electron chi connectivity index (χ0n) is 14.3. The maximum Gasteiger partial charge on any atom is 0.309 e. The van der Waals surface area contributed by atoms with Gasteiger partial charge in [0, 0.05) is 23.1 Å². The lowest BCUT2D eigenvalue weighted by atomic mass is 10.1. The first-order valence-electron chi connectivity index (χ1n) is 8.15. The highest BCUT2D eigenvalue weighted by molar-refractivity contribution is 6.05. The number of hydrogen-bond acceptors (Lipinski definition) is 3. The summed E-state index contributed by atoms with van der Waals surface area (Å²) in [5.41, 5.74) is 4.33. The van der Waals surface area contributed by atoms with Crippen LogP contribution in [0.2, 0.25) is 0 Å². The third kappa shape index (κ3) is 3.35. The molecule has 0 radical (unpaired) electrons. The fourth-order valence-electron chi connectivity index (χ4n) is 3.10. The average Bonchev–Trinajstić information content (AvgIpc) is 3.33. The molecule has 5 nitrogen and oxygen atoms in total. The summed E-state index contributed by atoms with van der Waals surface area (Å²) in [4.78, 5) is 24.0. The summed E-state index contributed by atoms with van der Waals surface area (Å²) in [6.45, 7) is 4.03. The van der Waals surface area contributed by atoms with E-state index in [2.05, 4.69) is 14.6 Å². The molecular weight excluding hydrogens is 304 g/mol. The second kappa shape index (κ2) is 6.51. The Labute approximate surface area is 141 Å². The van der Waals surface area contributed by atoms with Crippen LogP contribution in [-0.2, 0) is 16.0 Å². The number of carbonyl (C=O) groups is 2.